The van der Waals surface area contributed by atoms with E-state index in [1.54, 1.807) is 0 Å². The molecule has 0 aliphatic heterocycles. The first kappa shape index (κ1) is 32.0. The third-order valence-electron chi connectivity index (χ3n) is 15.2. The number of carbonyl (C=O) groups is 2. The van der Waals surface area contributed by atoms with Gasteiger partial charge in [0, 0.05) is 11.8 Å². The van der Waals surface area contributed by atoms with E-state index in [9.17, 15) is 14.7 Å². The molecule has 5 saturated carbocycles. The van der Waals surface area contributed by atoms with Gasteiger partial charge in [-0.2, -0.15) is 5.21 Å². The highest BCUT2D eigenvalue weighted by atomic mass is 16.5. The second-order valence-corrected chi connectivity index (χ2v) is 18.1. The second-order valence-electron chi connectivity index (χ2n) is 18.1. The Balaban J connectivity index is 1.19. The predicted molar refractivity (Wildman–Crippen MR) is 168 cm³/mol. The molecule has 246 valence electrons. The smallest absolute Gasteiger partial charge is 0.306 e. The maximum absolute atomic E-state index is 13.1. The number of aromatic nitrogens is 4. The SMILES string of the molecule is CC(C)(CC(=O)O)CC(=O)O[C@H]1CC[C@@]2(C)C(CC[C@]3(C)C2CC[C@@H]2[C@H]4CCC[C@]4(CCc4nn[nH]n4)CC[C@]23C)C1(C)C. The van der Waals surface area contributed by atoms with Gasteiger partial charge in [-0.1, -0.05) is 60.1 Å². The number of nitrogens with one attached hydrogen (secondary N) is 1. The lowest BCUT2D eigenvalue weighted by Crippen LogP contribution is -2.66. The number of nitrogens with zero attached hydrogens (tertiary/aromatic N) is 3. The van der Waals surface area contributed by atoms with Crippen LogP contribution in [-0.4, -0.2) is 43.8 Å². The molecule has 0 bridgehead atoms. The van der Waals surface area contributed by atoms with Crippen molar-refractivity contribution in [1.29, 1.82) is 0 Å². The number of esters is 1. The van der Waals surface area contributed by atoms with Crippen molar-refractivity contribution in [1.82, 2.24) is 20.6 Å². The summed E-state index contributed by atoms with van der Waals surface area (Å²) in [5.74, 6) is 2.56. The lowest BCUT2D eigenvalue weighted by Gasteiger charge is -2.72. The fourth-order valence-corrected chi connectivity index (χ4v) is 13.0. The molecule has 2 N–H and O–H groups in total. The number of aryl methyl sites for hydroxylation is 1. The maximum Gasteiger partial charge on any atom is 0.306 e. The van der Waals surface area contributed by atoms with Crippen LogP contribution >= 0.6 is 0 Å². The number of ether oxygens (including phenoxy) is 1. The van der Waals surface area contributed by atoms with E-state index in [2.05, 4.69) is 55.2 Å². The number of carbonyl (C=O) groups excluding carboxylic acids is 1. The van der Waals surface area contributed by atoms with Crippen molar-refractivity contribution in [3.05, 3.63) is 5.82 Å². The van der Waals surface area contributed by atoms with Gasteiger partial charge in [0.1, 0.15) is 6.10 Å². The highest BCUT2D eigenvalue weighted by Gasteiger charge is 2.70. The van der Waals surface area contributed by atoms with Crippen molar-refractivity contribution in [2.75, 3.05) is 0 Å². The highest BCUT2D eigenvalue weighted by Crippen LogP contribution is 2.77. The van der Waals surface area contributed by atoms with E-state index >= 15 is 0 Å². The Morgan fingerprint density at radius 2 is 1.66 bits per heavy atom. The molecule has 6 rings (SSSR count). The van der Waals surface area contributed by atoms with Crippen molar-refractivity contribution in [2.45, 2.75) is 151 Å². The Morgan fingerprint density at radius 3 is 2.36 bits per heavy atom. The van der Waals surface area contributed by atoms with Gasteiger partial charge in [-0.15, -0.1) is 10.2 Å². The van der Waals surface area contributed by atoms with Crippen LogP contribution in [0.2, 0.25) is 0 Å². The monoisotopic (exact) mass is 610 g/mol. The average molecular weight is 611 g/mol. The standard InChI is InChI=1S/C36H58N4O4/c1-31(2,21-29(41)42)22-30(43)44-27-13-16-33(5)25(32(27,3)4)12-17-35(7)26(33)11-10-23-24-9-8-15-36(24,20-19-34(23,35)6)18-14-28-37-39-40-38-28/h23-27H,8-22H2,1-7H3,(H,41,42)(H,37,38,39,40)/t23-,24-,25?,26?,27+,33+,34-,35-,36+/m1/s1. The van der Waals surface area contributed by atoms with E-state index in [1.165, 1.54) is 64.2 Å². The molecular formula is C36H58N4O4. The Bertz CT molecular complexity index is 1250. The molecule has 1 heterocycles. The van der Waals surface area contributed by atoms with E-state index in [-0.39, 0.29) is 35.7 Å². The summed E-state index contributed by atoms with van der Waals surface area (Å²) in [4.78, 5) is 24.4. The fourth-order valence-electron chi connectivity index (χ4n) is 13.0. The van der Waals surface area contributed by atoms with Crippen LogP contribution in [0.25, 0.3) is 0 Å². The average Bonchev–Trinajstić information content (AvgIpc) is 3.59. The zero-order chi connectivity index (χ0) is 31.8. The van der Waals surface area contributed by atoms with Crippen LogP contribution in [0.4, 0.5) is 0 Å². The van der Waals surface area contributed by atoms with Crippen LogP contribution in [-0.2, 0) is 20.7 Å². The molecule has 0 aromatic carbocycles. The summed E-state index contributed by atoms with van der Waals surface area (Å²) in [6.07, 6.45) is 16.1. The molecule has 0 amide bonds. The summed E-state index contributed by atoms with van der Waals surface area (Å²) in [7, 11) is 0. The number of tetrazole rings is 1. The molecule has 5 fully saturated rings. The number of carboxylic acids is 1. The first-order valence-corrected chi connectivity index (χ1v) is 17.7. The summed E-state index contributed by atoms with van der Waals surface area (Å²) in [6, 6.07) is 0. The van der Waals surface area contributed by atoms with Crippen LogP contribution in [0.3, 0.4) is 0 Å². The van der Waals surface area contributed by atoms with Gasteiger partial charge in [-0.05, 0) is 121 Å². The summed E-state index contributed by atoms with van der Waals surface area (Å²) in [6.45, 7) is 16.4. The normalized spacial score (nSPS) is 42.8. The lowest BCUT2D eigenvalue weighted by atomic mass is 9.32. The number of fused-ring (bicyclic) bond motifs is 7. The number of hydrogen-bond donors (Lipinski definition) is 2. The van der Waals surface area contributed by atoms with Gasteiger partial charge in [-0.25, -0.2) is 0 Å². The number of H-pyrrole nitrogens is 1. The number of aromatic amines is 1. The molecule has 8 heteroatoms. The Labute approximate surface area is 264 Å². The highest BCUT2D eigenvalue weighted by molar-refractivity contribution is 5.73. The van der Waals surface area contributed by atoms with Crippen LogP contribution < -0.4 is 0 Å². The molecule has 0 spiro atoms. The van der Waals surface area contributed by atoms with Crippen molar-refractivity contribution in [2.24, 2.45) is 56.2 Å². The maximum atomic E-state index is 13.1. The molecule has 1 aromatic rings. The second kappa shape index (κ2) is 10.8. The Hall–Kier alpha value is -1.99. The summed E-state index contributed by atoms with van der Waals surface area (Å²) in [5.41, 5.74) is 0.639. The van der Waals surface area contributed by atoms with Crippen molar-refractivity contribution < 1.29 is 19.4 Å². The van der Waals surface area contributed by atoms with Crippen LogP contribution in [0.15, 0.2) is 0 Å². The lowest BCUT2D eigenvalue weighted by molar-refractivity contribution is -0.248. The number of carboxylic acid groups (broad SMARTS) is 1. The third-order valence-corrected chi connectivity index (χ3v) is 15.2. The van der Waals surface area contributed by atoms with Gasteiger partial charge < -0.3 is 9.84 Å². The van der Waals surface area contributed by atoms with Gasteiger partial charge in [0.2, 0.25) is 0 Å². The minimum absolute atomic E-state index is 0.0301. The van der Waals surface area contributed by atoms with Gasteiger partial charge in [0.15, 0.2) is 5.82 Å². The molecule has 5 aliphatic rings. The van der Waals surface area contributed by atoms with Gasteiger partial charge in [0.25, 0.3) is 0 Å². The minimum atomic E-state index is -0.870. The van der Waals surface area contributed by atoms with Crippen molar-refractivity contribution in [3.8, 4) is 0 Å². The summed E-state index contributed by atoms with van der Waals surface area (Å²) >= 11 is 0. The largest absolute Gasteiger partial charge is 0.481 e. The fraction of sp³-hybridized carbons (Fsp3) is 0.917. The molecule has 8 nitrogen and oxygen atoms in total. The minimum Gasteiger partial charge on any atom is -0.481 e. The number of rotatable bonds is 8. The van der Waals surface area contributed by atoms with Crippen LogP contribution in [0, 0.1) is 56.2 Å². The van der Waals surface area contributed by atoms with E-state index < -0.39 is 11.4 Å². The summed E-state index contributed by atoms with van der Waals surface area (Å²) in [5, 5.41) is 24.3. The first-order chi connectivity index (χ1) is 20.6. The number of aliphatic carboxylic acids is 1. The third kappa shape index (κ3) is 4.94. The number of hydrogen-bond acceptors (Lipinski definition) is 6. The van der Waals surface area contributed by atoms with E-state index in [0.29, 0.717) is 28.1 Å². The topological polar surface area (TPSA) is 118 Å². The Morgan fingerprint density at radius 1 is 0.886 bits per heavy atom. The molecular weight excluding hydrogens is 552 g/mol. The molecule has 0 radical (unpaired) electrons. The van der Waals surface area contributed by atoms with Gasteiger partial charge in [-0.3, -0.25) is 9.59 Å². The van der Waals surface area contributed by atoms with E-state index in [1.807, 2.05) is 13.8 Å². The van der Waals surface area contributed by atoms with Gasteiger partial charge >= 0.3 is 11.9 Å². The quantitative estimate of drug-likeness (QED) is 0.288. The molecule has 1 aromatic heterocycles. The summed E-state index contributed by atoms with van der Waals surface area (Å²) < 4.78 is 6.25. The molecule has 9 atom stereocenters. The van der Waals surface area contributed by atoms with Crippen LogP contribution in [0.1, 0.15) is 144 Å². The predicted octanol–water partition coefficient (Wildman–Crippen LogP) is 7.79. The first-order valence-electron chi connectivity index (χ1n) is 17.7. The zero-order valence-corrected chi connectivity index (χ0v) is 28.5. The molecule has 0 saturated heterocycles. The zero-order valence-electron chi connectivity index (χ0n) is 28.5. The molecule has 44 heavy (non-hydrogen) atoms. The van der Waals surface area contributed by atoms with Crippen LogP contribution in [0.5, 0.6) is 0 Å². The Kier molecular flexibility index (Phi) is 7.84. The van der Waals surface area contributed by atoms with Crippen molar-refractivity contribution in [3.63, 3.8) is 0 Å². The van der Waals surface area contributed by atoms with Gasteiger partial charge in [0.05, 0.1) is 12.8 Å². The van der Waals surface area contributed by atoms with E-state index in [0.717, 1.165) is 36.9 Å². The molecule has 5 aliphatic carbocycles. The van der Waals surface area contributed by atoms with Crippen molar-refractivity contribution >= 4 is 11.9 Å². The van der Waals surface area contributed by atoms with E-state index in [4.69, 9.17) is 4.74 Å². The molecule has 2 unspecified atom stereocenters.